The SMILES string of the molecule is CCc1ccc2c(c1)sc(=NC(=O)c1ccc(S(=O)(=O)CC)cc1)n2CCSC. The highest BCUT2D eigenvalue weighted by Gasteiger charge is 2.13. The average molecular weight is 449 g/mol. The number of benzene rings is 2. The van der Waals surface area contributed by atoms with Crippen molar-refractivity contribution < 1.29 is 13.2 Å². The molecule has 29 heavy (non-hydrogen) atoms. The molecular weight excluding hydrogens is 424 g/mol. The van der Waals surface area contributed by atoms with Gasteiger partial charge < -0.3 is 4.57 Å². The molecule has 0 N–H and O–H groups in total. The van der Waals surface area contributed by atoms with Crippen LogP contribution in [0.4, 0.5) is 0 Å². The fourth-order valence-corrected chi connectivity index (χ4v) is 5.31. The molecule has 0 aliphatic rings. The molecule has 8 heteroatoms. The average Bonchev–Trinajstić information content (AvgIpc) is 3.08. The molecule has 0 aliphatic carbocycles. The summed E-state index contributed by atoms with van der Waals surface area (Å²) in [5.41, 5.74) is 2.71. The largest absolute Gasteiger partial charge is 0.316 e. The lowest BCUT2D eigenvalue weighted by molar-refractivity contribution is 0.0997. The van der Waals surface area contributed by atoms with Gasteiger partial charge in [0.25, 0.3) is 5.91 Å². The molecule has 154 valence electrons. The first-order chi connectivity index (χ1) is 13.9. The zero-order chi connectivity index (χ0) is 21.0. The first-order valence-electron chi connectivity index (χ1n) is 9.42. The molecule has 0 spiro atoms. The molecular formula is C21H24N2O3S3. The Morgan fingerprint density at radius 1 is 1.14 bits per heavy atom. The summed E-state index contributed by atoms with van der Waals surface area (Å²) in [6, 6.07) is 12.4. The van der Waals surface area contributed by atoms with Crippen molar-refractivity contribution in [3.8, 4) is 0 Å². The highest BCUT2D eigenvalue weighted by molar-refractivity contribution is 7.98. The van der Waals surface area contributed by atoms with E-state index in [2.05, 4.69) is 40.9 Å². The van der Waals surface area contributed by atoms with E-state index < -0.39 is 9.84 Å². The van der Waals surface area contributed by atoms with Crippen LogP contribution in [0.25, 0.3) is 10.2 Å². The molecule has 2 aromatic carbocycles. The van der Waals surface area contributed by atoms with Gasteiger partial charge in [-0.25, -0.2) is 8.42 Å². The molecule has 0 atom stereocenters. The molecule has 0 radical (unpaired) electrons. The third-order valence-electron chi connectivity index (χ3n) is 4.71. The lowest BCUT2D eigenvalue weighted by Gasteiger charge is -2.05. The number of thiazole rings is 1. The molecule has 1 amide bonds. The maximum Gasteiger partial charge on any atom is 0.279 e. The van der Waals surface area contributed by atoms with E-state index in [1.54, 1.807) is 18.7 Å². The van der Waals surface area contributed by atoms with Gasteiger partial charge in [0.15, 0.2) is 14.6 Å². The van der Waals surface area contributed by atoms with E-state index in [-0.39, 0.29) is 16.6 Å². The van der Waals surface area contributed by atoms with Crippen molar-refractivity contribution in [2.24, 2.45) is 4.99 Å². The molecule has 0 aliphatic heterocycles. The van der Waals surface area contributed by atoms with Crippen LogP contribution in [0.1, 0.15) is 29.8 Å². The number of fused-ring (bicyclic) bond motifs is 1. The summed E-state index contributed by atoms with van der Waals surface area (Å²) < 4.78 is 27.1. The lowest BCUT2D eigenvalue weighted by Crippen LogP contribution is -2.18. The number of carbonyl (C=O) groups is 1. The Morgan fingerprint density at radius 2 is 1.86 bits per heavy atom. The minimum atomic E-state index is -3.29. The number of aryl methyl sites for hydroxylation is 2. The molecule has 1 aromatic heterocycles. The van der Waals surface area contributed by atoms with E-state index in [1.165, 1.54) is 41.2 Å². The third-order valence-corrected chi connectivity index (χ3v) is 8.09. The van der Waals surface area contributed by atoms with E-state index in [0.29, 0.717) is 10.4 Å². The minimum Gasteiger partial charge on any atom is -0.316 e. The molecule has 5 nitrogen and oxygen atoms in total. The smallest absolute Gasteiger partial charge is 0.279 e. The number of nitrogens with zero attached hydrogens (tertiary/aromatic N) is 2. The predicted molar refractivity (Wildman–Crippen MR) is 122 cm³/mol. The van der Waals surface area contributed by atoms with Gasteiger partial charge in [-0.3, -0.25) is 4.79 Å². The van der Waals surface area contributed by atoms with Crippen LogP contribution in [0.3, 0.4) is 0 Å². The van der Waals surface area contributed by atoms with Crippen LogP contribution in [0, 0.1) is 0 Å². The number of hydrogen-bond acceptors (Lipinski definition) is 5. The summed E-state index contributed by atoms with van der Waals surface area (Å²) in [7, 11) is -3.29. The first kappa shape index (κ1) is 21.8. The predicted octanol–water partition coefficient (Wildman–Crippen LogP) is 4.16. The van der Waals surface area contributed by atoms with Gasteiger partial charge in [-0.15, -0.1) is 0 Å². The molecule has 0 saturated heterocycles. The number of hydrogen-bond donors (Lipinski definition) is 0. The summed E-state index contributed by atoms with van der Waals surface area (Å²) in [6.07, 6.45) is 3.01. The zero-order valence-electron chi connectivity index (χ0n) is 16.7. The van der Waals surface area contributed by atoms with Crippen LogP contribution in [-0.2, 0) is 22.8 Å². The van der Waals surface area contributed by atoms with Crippen LogP contribution in [0.5, 0.6) is 0 Å². The summed E-state index contributed by atoms with van der Waals surface area (Å²) in [6.45, 7) is 4.49. The van der Waals surface area contributed by atoms with Gasteiger partial charge in [0.05, 0.1) is 20.9 Å². The van der Waals surface area contributed by atoms with Crippen LogP contribution >= 0.6 is 23.1 Å². The Balaban J connectivity index is 2.03. The molecule has 0 saturated carbocycles. The van der Waals surface area contributed by atoms with Gasteiger partial charge in [0, 0.05) is 17.9 Å². The highest BCUT2D eigenvalue weighted by Crippen LogP contribution is 2.20. The Labute approximate surface area is 179 Å². The van der Waals surface area contributed by atoms with Crippen LogP contribution in [-0.4, -0.2) is 36.7 Å². The summed E-state index contributed by atoms with van der Waals surface area (Å²) >= 11 is 3.25. The summed E-state index contributed by atoms with van der Waals surface area (Å²) in [5.74, 6) is 0.583. The number of rotatable bonds is 7. The lowest BCUT2D eigenvalue weighted by atomic mass is 10.2. The van der Waals surface area contributed by atoms with E-state index in [9.17, 15) is 13.2 Å². The van der Waals surface area contributed by atoms with Crippen molar-refractivity contribution >= 4 is 49.1 Å². The fourth-order valence-electron chi connectivity index (χ4n) is 2.94. The van der Waals surface area contributed by atoms with Gasteiger partial charge in [-0.2, -0.15) is 16.8 Å². The standard InChI is InChI=1S/C21H24N2O3S3/c1-4-15-6-11-18-19(14-15)28-21(23(18)12-13-27-3)22-20(24)16-7-9-17(10-8-16)29(25,26)5-2/h6-11,14H,4-5,12-13H2,1-3H3. The maximum absolute atomic E-state index is 12.7. The molecule has 0 unspecified atom stereocenters. The highest BCUT2D eigenvalue weighted by atomic mass is 32.2. The Bertz CT molecular complexity index is 1190. The number of amides is 1. The topological polar surface area (TPSA) is 68.5 Å². The summed E-state index contributed by atoms with van der Waals surface area (Å²) in [4.78, 5) is 18.0. The first-order valence-corrected chi connectivity index (χ1v) is 13.3. The second-order valence-corrected chi connectivity index (χ2v) is 10.8. The van der Waals surface area contributed by atoms with Crippen molar-refractivity contribution in [3.05, 3.63) is 58.4 Å². The number of aromatic nitrogens is 1. The third kappa shape index (κ3) is 4.82. The van der Waals surface area contributed by atoms with E-state index in [1.807, 2.05) is 0 Å². The zero-order valence-corrected chi connectivity index (χ0v) is 19.2. The Kier molecular flexibility index (Phi) is 6.97. The van der Waals surface area contributed by atoms with Crippen molar-refractivity contribution in [1.29, 1.82) is 0 Å². The van der Waals surface area contributed by atoms with Crippen molar-refractivity contribution in [3.63, 3.8) is 0 Å². The van der Waals surface area contributed by atoms with E-state index >= 15 is 0 Å². The Morgan fingerprint density at radius 3 is 2.48 bits per heavy atom. The van der Waals surface area contributed by atoms with E-state index in [0.717, 1.165) is 28.9 Å². The molecule has 0 bridgehead atoms. The summed E-state index contributed by atoms with van der Waals surface area (Å²) in [5, 5.41) is 0. The number of carbonyl (C=O) groups excluding carboxylic acids is 1. The molecule has 1 heterocycles. The second kappa shape index (κ2) is 9.28. The van der Waals surface area contributed by atoms with E-state index in [4.69, 9.17) is 0 Å². The van der Waals surface area contributed by atoms with Gasteiger partial charge >= 0.3 is 0 Å². The number of thioether (sulfide) groups is 1. The molecule has 3 rings (SSSR count). The van der Waals surface area contributed by atoms with Crippen LogP contribution < -0.4 is 4.80 Å². The van der Waals surface area contributed by atoms with Crippen LogP contribution in [0.15, 0.2) is 52.4 Å². The van der Waals surface area contributed by atoms with Gasteiger partial charge in [0.2, 0.25) is 0 Å². The Hall–Kier alpha value is -1.90. The van der Waals surface area contributed by atoms with Gasteiger partial charge in [-0.1, -0.05) is 31.3 Å². The maximum atomic E-state index is 12.7. The van der Waals surface area contributed by atoms with Crippen molar-refractivity contribution in [1.82, 2.24) is 4.57 Å². The molecule has 0 fully saturated rings. The minimum absolute atomic E-state index is 0.0294. The van der Waals surface area contributed by atoms with Crippen LogP contribution in [0.2, 0.25) is 0 Å². The van der Waals surface area contributed by atoms with Crippen molar-refractivity contribution in [2.45, 2.75) is 31.7 Å². The van der Waals surface area contributed by atoms with Gasteiger partial charge in [0.1, 0.15) is 0 Å². The van der Waals surface area contributed by atoms with Crippen molar-refractivity contribution in [2.75, 3.05) is 17.8 Å². The second-order valence-electron chi connectivity index (χ2n) is 6.53. The normalized spacial score (nSPS) is 12.6. The fraction of sp³-hybridized carbons (Fsp3) is 0.333. The van der Waals surface area contributed by atoms with Gasteiger partial charge in [-0.05, 0) is 54.6 Å². The quantitative estimate of drug-likeness (QED) is 0.544. The number of sulfone groups is 1. The monoisotopic (exact) mass is 448 g/mol. The molecule has 3 aromatic rings.